The molecule has 0 atom stereocenters. The molecule has 144 valence electrons. The number of nitrogens with zero attached hydrogens (tertiary/aromatic N) is 1. The third kappa shape index (κ3) is 8.55. The number of benzene rings is 1. The van der Waals surface area contributed by atoms with Gasteiger partial charge in [0.05, 0.1) is 18.4 Å². The maximum absolute atomic E-state index is 5.46. The quantitative estimate of drug-likeness (QED) is 0.299. The third-order valence-electron chi connectivity index (χ3n) is 3.81. The van der Waals surface area contributed by atoms with Gasteiger partial charge in [-0.15, -0.1) is 24.0 Å². The van der Waals surface area contributed by atoms with Gasteiger partial charge in [0, 0.05) is 31.1 Å². The molecule has 1 aromatic carbocycles. The minimum Gasteiger partial charge on any atom is -0.469 e. The largest absolute Gasteiger partial charge is 0.469 e. The lowest BCUT2D eigenvalue weighted by atomic mass is 10.1. The number of methoxy groups -OCH3 is 1. The fourth-order valence-corrected chi connectivity index (χ4v) is 2.33. The molecular weight excluding hydrogens is 509 g/mol. The molecule has 0 saturated heterocycles. The van der Waals surface area contributed by atoms with Crippen LogP contribution in [0.2, 0.25) is 0 Å². The first-order valence-electron chi connectivity index (χ1n) is 8.33. The minimum atomic E-state index is -0.263. The highest BCUT2D eigenvalue weighted by molar-refractivity contribution is 14.0. The van der Waals surface area contributed by atoms with Crippen molar-refractivity contribution in [3.05, 3.63) is 58.5 Å². The summed E-state index contributed by atoms with van der Waals surface area (Å²) in [5.74, 6) is 1.72. The predicted octanol–water partition coefficient (Wildman–Crippen LogP) is 4.36. The Balaban J connectivity index is 0.00000338. The van der Waals surface area contributed by atoms with Crippen LogP contribution in [0.3, 0.4) is 0 Å². The second-order valence-electron chi connectivity index (χ2n) is 6.36. The van der Waals surface area contributed by atoms with Crippen LogP contribution in [0.5, 0.6) is 0 Å². The van der Waals surface area contributed by atoms with E-state index >= 15 is 0 Å². The molecule has 1 heterocycles. The Bertz CT molecular complexity index is 658. The van der Waals surface area contributed by atoms with Gasteiger partial charge in [-0.2, -0.15) is 0 Å². The lowest BCUT2D eigenvalue weighted by Gasteiger charge is -2.24. The Hall–Kier alpha value is -1.06. The zero-order chi connectivity index (χ0) is 18.1. The Morgan fingerprint density at radius 1 is 1.19 bits per heavy atom. The first-order chi connectivity index (χ1) is 12.0. The van der Waals surface area contributed by atoms with Crippen molar-refractivity contribution < 1.29 is 9.15 Å². The van der Waals surface area contributed by atoms with E-state index in [4.69, 9.17) is 9.15 Å². The maximum atomic E-state index is 5.46. The Labute approximate surface area is 181 Å². The number of halogens is 2. The second-order valence-corrected chi connectivity index (χ2v) is 7.28. The van der Waals surface area contributed by atoms with Crippen LogP contribution in [0.1, 0.15) is 25.2 Å². The normalized spacial score (nSPS) is 11.8. The minimum absolute atomic E-state index is 0. The molecule has 0 fully saturated rings. The van der Waals surface area contributed by atoms with E-state index in [1.165, 1.54) is 0 Å². The van der Waals surface area contributed by atoms with Crippen LogP contribution >= 0.6 is 39.9 Å². The molecule has 2 rings (SSSR count). The van der Waals surface area contributed by atoms with Gasteiger partial charge in [-0.05, 0) is 43.7 Å². The Kier molecular flexibility index (Phi) is 10.3. The summed E-state index contributed by atoms with van der Waals surface area (Å²) in [5.41, 5.74) is 0.891. The molecule has 0 radical (unpaired) electrons. The summed E-state index contributed by atoms with van der Waals surface area (Å²) < 4.78 is 11.9. The van der Waals surface area contributed by atoms with Crippen LogP contribution in [0, 0.1) is 0 Å². The summed E-state index contributed by atoms with van der Waals surface area (Å²) in [7, 11) is 1.71. The maximum Gasteiger partial charge on any atom is 0.191 e. The molecule has 1 aromatic heterocycles. The topological polar surface area (TPSA) is 58.8 Å². The molecule has 0 bridgehead atoms. The van der Waals surface area contributed by atoms with Crippen molar-refractivity contribution in [2.75, 3.05) is 20.2 Å². The molecular formula is C19H27BrIN3O2. The molecule has 0 aliphatic heterocycles. The van der Waals surface area contributed by atoms with Crippen LogP contribution in [-0.4, -0.2) is 31.8 Å². The van der Waals surface area contributed by atoms with Gasteiger partial charge in [0.15, 0.2) is 5.96 Å². The number of nitrogens with one attached hydrogen (secondary N) is 2. The van der Waals surface area contributed by atoms with E-state index in [0.29, 0.717) is 13.1 Å². The number of furan rings is 1. The molecule has 7 heteroatoms. The van der Waals surface area contributed by atoms with Gasteiger partial charge < -0.3 is 19.8 Å². The molecule has 0 saturated carbocycles. The van der Waals surface area contributed by atoms with Crippen molar-refractivity contribution in [1.29, 1.82) is 0 Å². The molecule has 0 spiro atoms. The van der Waals surface area contributed by atoms with Crippen molar-refractivity contribution >= 4 is 45.9 Å². The zero-order valence-electron chi connectivity index (χ0n) is 15.4. The number of hydrogen-bond donors (Lipinski definition) is 2. The van der Waals surface area contributed by atoms with Gasteiger partial charge >= 0.3 is 0 Å². The molecule has 0 unspecified atom stereocenters. The SMILES string of the molecule is COC(C)(C)CNC(=NCc1ccc(Br)cc1)NCCc1ccco1.I. The van der Waals surface area contributed by atoms with Crippen LogP contribution < -0.4 is 10.6 Å². The highest BCUT2D eigenvalue weighted by Crippen LogP contribution is 2.11. The van der Waals surface area contributed by atoms with Gasteiger partial charge in [0.2, 0.25) is 0 Å². The predicted molar refractivity (Wildman–Crippen MR) is 120 cm³/mol. The first kappa shape index (κ1) is 23.0. The highest BCUT2D eigenvalue weighted by Gasteiger charge is 2.16. The lowest BCUT2D eigenvalue weighted by Crippen LogP contribution is -2.45. The molecule has 26 heavy (non-hydrogen) atoms. The molecule has 0 aliphatic carbocycles. The summed E-state index contributed by atoms with van der Waals surface area (Å²) >= 11 is 3.45. The first-order valence-corrected chi connectivity index (χ1v) is 9.12. The van der Waals surface area contributed by atoms with Gasteiger partial charge in [-0.3, -0.25) is 0 Å². The van der Waals surface area contributed by atoms with Gasteiger partial charge in [-0.25, -0.2) is 4.99 Å². The van der Waals surface area contributed by atoms with Crippen molar-refractivity contribution in [2.45, 2.75) is 32.4 Å². The average molecular weight is 536 g/mol. The molecule has 2 aromatic rings. The van der Waals surface area contributed by atoms with Crippen molar-refractivity contribution in [1.82, 2.24) is 10.6 Å². The Morgan fingerprint density at radius 2 is 1.92 bits per heavy atom. The van der Waals surface area contributed by atoms with Crippen LogP contribution in [0.4, 0.5) is 0 Å². The Morgan fingerprint density at radius 3 is 2.54 bits per heavy atom. The van der Waals surface area contributed by atoms with Crippen LogP contribution in [-0.2, 0) is 17.7 Å². The monoisotopic (exact) mass is 535 g/mol. The molecule has 0 amide bonds. The summed E-state index contributed by atoms with van der Waals surface area (Å²) in [4.78, 5) is 4.67. The lowest BCUT2D eigenvalue weighted by molar-refractivity contribution is 0.0268. The number of guanidine groups is 1. The summed E-state index contributed by atoms with van der Waals surface area (Å²) in [6, 6.07) is 12.0. The van der Waals surface area contributed by atoms with E-state index in [1.807, 2.05) is 38.1 Å². The van der Waals surface area contributed by atoms with Gasteiger partial charge in [0.25, 0.3) is 0 Å². The summed E-state index contributed by atoms with van der Waals surface area (Å²) in [5, 5.41) is 6.70. The highest BCUT2D eigenvalue weighted by atomic mass is 127. The van der Waals surface area contributed by atoms with E-state index in [1.54, 1.807) is 13.4 Å². The van der Waals surface area contributed by atoms with Crippen molar-refractivity contribution in [2.24, 2.45) is 4.99 Å². The van der Waals surface area contributed by atoms with Gasteiger partial charge in [0.1, 0.15) is 5.76 Å². The molecule has 2 N–H and O–H groups in total. The van der Waals surface area contributed by atoms with E-state index < -0.39 is 0 Å². The number of hydrogen-bond acceptors (Lipinski definition) is 3. The zero-order valence-corrected chi connectivity index (χ0v) is 19.3. The molecule has 0 aliphatic rings. The van der Waals surface area contributed by atoms with Gasteiger partial charge in [-0.1, -0.05) is 28.1 Å². The van der Waals surface area contributed by atoms with E-state index in [0.717, 1.165) is 34.7 Å². The van der Waals surface area contributed by atoms with Crippen LogP contribution in [0.25, 0.3) is 0 Å². The van der Waals surface area contributed by atoms with Crippen LogP contribution in [0.15, 0.2) is 56.5 Å². The standard InChI is InChI=1S/C19H26BrN3O2.HI/c1-19(2,24-3)14-23-18(21-11-10-17-5-4-12-25-17)22-13-15-6-8-16(20)9-7-15;/h4-9,12H,10-11,13-14H2,1-3H3,(H2,21,22,23);1H. The summed E-state index contributed by atoms with van der Waals surface area (Å²) in [6.45, 7) is 6.09. The van der Waals surface area contributed by atoms with Crippen molar-refractivity contribution in [3.63, 3.8) is 0 Å². The van der Waals surface area contributed by atoms with E-state index in [2.05, 4.69) is 43.7 Å². The number of aliphatic imine (C=N–C) groups is 1. The molecule has 5 nitrogen and oxygen atoms in total. The van der Waals surface area contributed by atoms with E-state index in [-0.39, 0.29) is 29.6 Å². The van der Waals surface area contributed by atoms with Crippen molar-refractivity contribution in [3.8, 4) is 0 Å². The smallest absolute Gasteiger partial charge is 0.191 e. The fourth-order valence-electron chi connectivity index (χ4n) is 2.06. The number of ether oxygens (including phenoxy) is 1. The fraction of sp³-hybridized carbons (Fsp3) is 0.421. The summed E-state index contributed by atoms with van der Waals surface area (Å²) in [6.07, 6.45) is 2.50. The van der Waals surface area contributed by atoms with E-state index in [9.17, 15) is 0 Å². The second kappa shape index (κ2) is 11.6. The third-order valence-corrected chi connectivity index (χ3v) is 4.34. The number of rotatable bonds is 8. The average Bonchev–Trinajstić information content (AvgIpc) is 3.11.